The van der Waals surface area contributed by atoms with Gasteiger partial charge in [-0.15, -0.1) is 0 Å². The first-order valence-corrected chi connectivity index (χ1v) is 12.9. The molecule has 166 valence electrons. The van der Waals surface area contributed by atoms with Crippen LogP contribution in [-0.2, 0) is 36.7 Å². The first-order chi connectivity index (χ1) is 13.7. The molecule has 2 aromatic rings. The minimum atomic E-state index is -4.37. The number of nitrogens with one attached hydrogen (secondary N) is 3. The van der Waals surface area contributed by atoms with Crippen LogP contribution in [0.15, 0.2) is 29.2 Å². The lowest BCUT2D eigenvalue weighted by Gasteiger charge is -2.10. The highest BCUT2D eigenvalue weighted by Crippen LogP contribution is 2.17. The summed E-state index contributed by atoms with van der Waals surface area (Å²) in [6, 6.07) is 4.91. The van der Waals surface area contributed by atoms with Crippen molar-refractivity contribution in [3.63, 3.8) is 0 Å². The minimum absolute atomic E-state index is 0.0342. The van der Waals surface area contributed by atoms with Crippen LogP contribution < -0.4 is 15.4 Å². The van der Waals surface area contributed by atoms with Crippen LogP contribution in [0.4, 0.5) is 17.6 Å². The molecule has 0 amide bonds. The van der Waals surface area contributed by atoms with E-state index >= 15 is 0 Å². The summed E-state index contributed by atoms with van der Waals surface area (Å²) in [7, 11) is -12.2. The molecule has 5 N–H and O–H groups in total. The predicted octanol–water partition coefficient (Wildman–Crippen LogP) is -0.789. The maximum absolute atomic E-state index is 11.2. The molecule has 0 atom stereocenters. The second kappa shape index (κ2) is 9.14. The summed E-state index contributed by atoms with van der Waals surface area (Å²) in [6.45, 7) is -0.0386. The van der Waals surface area contributed by atoms with Gasteiger partial charge in [0.05, 0.1) is 11.2 Å². The van der Waals surface area contributed by atoms with E-state index in [9.17, 15) is 25.3 Å². The Balaban J connectivity index is 2.25. The van der Waals surface area contributed by atoms with Crippen molar-refractivity contribution in [2.75, 3.05) is 29.3 Å². The zero-order chi connectivity index (χ0) is 22.6. The average Bonchev–Trinajstić information content (AvgIpc) is 2.58. The van der Waals surface area contributed by atoms with Crippen molar-refractivity contribution in [3.8, 4) is 0 Å². The highest BCUT2D eigenvalue weighted by atomic mass is 32.2. The van der Waals surface area contributed by atoms with Crippen molar-refractivity contribution in [2.45, 2.75) is 11.3 Å². The largest absolute Gasteiger partial charge is 0.338 e. The van der Waals surface area contributed by atoms with Gasteiger partial charge in [0.15, 0.2) is 0 Å². The monoisotopic (exact) mass is 482 g/mol. The Bertz CT molecular complexity index is 1210. The zero-order valence-corrected chi connectivity index (χ0v) is 17.8. The molecule has 0 fully saturated rings. The van der Waals surface area contributed by atoms with Gasteiger partial charge in [0.25, 0.3) is 20.2 Å². The van der Waals surface area contributed by atoms with E-state index in [1.165, 1.54) is 12.1 Å². The SMILES string of the molecule is CS(=O)(=O)NCCc1nc(NCS(=O)(=O)O)nc(Nc2ccc(S(=O)(=O)O)cc2)n1. The lowest BCUT2D eigenvalue weighted by atomic mass is 10.3. The smallest absolute Gasteiger partial charge is 0.294 e. The van der Waals surface area contributed by atoms with Gasteiger partial charge in [0.2, 0.25) is 21.9 Å². The molecule has 0 aliphatic heterocycles. The molecule has 30 heavy (non-hydrogen) atoms. The van der Waals surface area contributed by atoms with Crippen LogP contribution in [0.3, 0.4) is 0 Å². The number of sulfonamides is 1. The Morgan fingerprint density at radius 2 is 1.50 bits per heavy atom. The average molecular weight is 483 g/mol. The molecule has 1 heterocycles. The van der Waals surface area contributed by atoms with Crippen LogP contribution in [0.2, 0.25) is 0 Å². The van der Waals surface area contributed by atoms with Crippen LogP contribution in [-0.4, -0.2) is 68.0 Å². The number of hydrogen-bond donors (Lipinski definition) is 5. The quantitative estimate of drug-likeness (QED) is 0.262. The number of benzene rings is 1. The van der Waals surface area contributed by atoms with Gasteiger partial charge in [-0.1, -0.05) is 0 Å². The Morgan fingerprint density at radius 1 is 0.900 bits per heavy atom. The first-order valence-electron chi connectivity index (χ1n) is 7.94. The van der Waals surface area contributed by atoms with E-state index < -0.39 is 36.1 Å². The van der Waals surface area contributed by atoms with Gasteiger partial charge in [-0.2, -0.15) is 31.8 Å². The molecular formula is C13H18N6O8S3. The van der Waals surface area contributed by atoms with Crippen molar-refractivity contribution < 1.29 is 34.4 Å². The summed E-state index contributed by atoms with van der Waals surface area (Å²) < 4.78 is 86.5. The lowest BCUT2D eigenvalue weighted by Crippen LogP contribution is -2.25. The summed E-state index contributed by atoms with van der Waals surface area (Å²) in [5.41, 5.74) is 0.328. The lowest BCUT2D eigenvalue weighted by molar-refractivity contribution is 0.481. The molecule has 0 spiro atoms. The molecule has 17 heteroatoms. The standard InChI is InChI=1S/C13H18N6O8S3/c1-28(20,21)15-7-6-11-17-12(14-8-29(22,23)24)19-13(18-11)16-9-2-4-10(5-3-9)30(25,26)27/h2-5,15H,6-8H2,1H3,(H,22,23,24)(H,25,26,27)(H2,14,16,17,18,19). The fraction of sp³-hybridized carbons (Fsp3) is 0.308. The van der Waals surface area contributed by atoms with Crippen LogP contribution in [0.25, 0.3) is 0 Å². The number of anilines is 3. The summed E-state index contributed by atoms with van der Waals surface area (Å²) >= 11 is 0. The summed E-state index contributed by atoms with van der Waals surface area (Å²) in [4.78, 5) is 11.6. The molecule has 2 rings (SSSR count). The van der Waals surface area contributed by atoms with E-state index in [1.54, 1.807) is 0 Å². The second-order valence-corrected chi connectivity index (χ2v) is 10.5. The van der Waals surface area contributed by atoms with Gasteiger partial charge in [-0.25, -0.2) is 13.1 Å². The maximum Gasteiger partial charge on any atom is 0.294 e. The van der Waals surface area contributed by atoms with Crippen molar-refractivity contribution >= 4 is 47.8 Å². The van der Waals surface area contributed by atoms with E-state index in [1.807, 2.05) is 0 Å². The minimum Gasteiger partial charge on any atom is -0.338 e. The first kappa shape index (κ1) is 23.8. The Hall–Kier alpha value is -2.44. The fourth-order valence-electron chi connectivity index (χ4n) is 2.01. The van der Waals surface area contributed by atoms with Gasteiger partial charge in [0.1, 0.15) is 11.7 Å². The number of aromatic nitrogens is 3. The molecule has 14 nitrogen and oxygen atoms in total. The van der Waals surface area contributed by atoms with Crippen LogP contribution in [0.1, 0.15) is 5.82 Å². The van der Waals surface area contributed by atoms with Gasteiger partial charge in [-0.05, 0) is 24.3 Å². The third kappa shape index (κ3) is 8.51. The Labute approximate surface area is 172 Å². The van der Waals surface area contributed by atoms with Crippen molar-refractivity contribution in [1.82, 2.24) is 19.7 Å². The van der Waals surface area contributed by atoms with Gasteiger partial charge < -0.3 is 10.6 Å². The van der Waals surface area contributed by atoms with Crippen molar-refractivity contribution in [1.29, 1.82) is 0 Å². The molecule has 0 bridgehead atoms. The molecule has 0 aliphatic rings. The van der Waals surface area contributed by atoms with Crippen LogP contribution >= 0.6 is 0 Å². The fourth-order valence-corrected chi connectivity index (χ4v) is 3.27. The Kier molecular flexibility index (Phi) is 7.27. The molecule has 0 unspecified atom stereocenters. The molecule has 1 aromatic heterocycles. The topological polar surface area (TPSA) is 218 Å². The van der Waals surface area contributed by atoms with Gasteiger partial charge in [-0.3, -0.25) is 9.11 Å². The van der Waals surface area contributed by atoms with E-state index in [0.717, 1.165) is 18.4 Å². The zero-order valence-electron chi connectivity index (χ0n) is 15.3. The molecule has 0 aliphatic carbocycles. The Morgan fingerprint density at radius 3 is 2.03 bits per heavy atom. The van der Waals surface area contributed by atoms with E-state index in [4.69, 9.17) is 9.11 Å². The molecule has 0 saturated carbocycles. The van der Waals surface area contributed by atoms with Crippen LogP contribution in [0.5, 0.6) is 0 Å². The maximum atomic E-state index is 11.2. The molecular weight excluding hydrogens is 464 g/mol. The third-order valence-corrected chi connectivity index (χ3v) is 5.32. The summed E-state index contributed by atoms with van der Waals surface area (Å²) in [5.74, 6) is -1.07. The number of rotatable bonds is 10. The molecule has 1 aromatic carbocycles. The summed E-state index contributed by atoms with van der Waals surface area (Å²) in [5, 5.41) is 5.03. The van der Waals surface area contributed by atoms with E-state index in [0.29, 0.717) is 5.69 Å². The molecule has 0 radical (unpaired) electrons. The van der Waals surface area contributed by atoms with Crippen LogP contribution in [0, 0.1) is 0 Å². The second-order valence-electron chi connectivity index (χ2n) is 5.84. The molecule has 0 saturated heterocycles. The third-order valence-electron chi connectivity index (χ3n) is 3.22. The highest BCUT2D eigenvalue weighted by Gasteiger charge is 2.12. The number of nitrogens with zero attached hydrogens (tertiary/aromatic N) is 3. The van der Waals surface area contributed by atoms with E-state index in [2.05, 4.69) is 30.3 Å². The van der Waals surface area contributed by atoms with Gasteiger partial charge in [0, 0.05) is 18.7 Å². The normalized spacial score (nSPS) is 12.5. The van der Waals surface area contributed by atoms with Gasteiger partial charge >= 0.3 is 0 Å². The van der Waals surface area contributed by atoms with Crippen molar-refractivity contribution in [3.05, 3.63) is 30.1 Å². The van der Waals surface area contributed by atoms with Crippen molar-refractivity contribution in [2.24, 2.45) is 0 Å². The highest BCUT2D eigenvalue weighted by molar-refractivity contribution is 7.88. The summed E-state index contributed by atoms with van der Waals surface area (Å²) in [6.07, 6.45) is 1.01. The predicted molar refractivity (Wildman–Crippen MR) is 106 cm³/mol. The number of hydrogen-bond acceptors (Lipinski definition) is 11. The van der Waals surface area contributed by atoms with E-state index in [-0.39, 0.29) is 35.6 Å².